The van der Waals surface area contributed by atoms with Crippen LogP contribution in [0.1, 0.15) is 34.1 Å². The molecular formula is C17H20Cl2N4O2S. The highest BCUT2D eigenvalue weighted by Crippen LogP contribution is 2.26. The van der Waals surface area contributed by atoms with Crippen molar-refractivity contribution in [3.63, 3.8) is 0 Å². The molecule has 0 unspecified atom stereocenters. The number of carbonyl (C=O) groups excluding carboxylic acids is 2. The zero-order chi connectivity index (χ0) is 19.5. The van der Waals surface area contributed by atoms with Crippen LogP contribution in [0.15, 0.2) is 28.4 Å². The molecule has 1 aromatic carbocycles. The number of halogens is 2. The Kier molecular flexibility index (Phi) is 6.71. The predicted molar refractivity (Wildman–Crippen MR) is 109 cm³/mol. The molecule has 1 aliphatic rings. The Morgan fingerprint density at radius 2 is 2.00 bits per heavy atom. The monoisotopic (exact) mass is 414 g/mol. The van der Waals surface area contributed by atoms with Crippen LogP contribution >= 0.6 is 35.0 Å². The van der Waals surface area contributed by atoms with Gasteiger partial charge in [-0.15, -0.1) is 5.10 Å². The van der Waals surface area contributed by atoms with Gasteiger partial charge >= 0.3 is 0 Å². The summed E-state index contributed by atoms with van der Waals surface area (Å²) in [6.45, 7) is 7.97. The van der Waals surface area contributed by atoms with E-state index in [-0.39, 0.29) is 23.7 Å². The maximum Gasteiger partial charge on any atom is 0.240 e. The number of nitrogens with one attached hydrogen (secondary N) is 2. The van der Waals surface area contributed by atoms with Gasteiger partial charge in [0.1, 0.15) is 5.25 Å². The third-order valence-electron chi connectivity index (χ3n) is 3.73. The first kappa shape index (κ1) is 20.7. The lowest BCUT2D eigenvalue weighted by molar-refractivity contribution is -0.122. The van der Waals surface area contributed by atoms with Crippen molar-refractivity contribution in [2.24, 2.45) is 15.6 Å². The van der Waals surface area contributed by atoms with Gasteiger partial charge in [0.05, 0.1) is 10.0 Å². The number of benzene rings is 1. The lowest BCUT2D eigenvalue weighted by Gasteiger charge is -2.16. The number of hydrogen-bond acceptors (Lipinski definition) is 5. The van der Waals surface area contributed by atoms with Crippen LogP contribution < -0.4 is 10.6 Å². The number of anilines is 1. The van der Waals surface area contributed by atoms with Gasteiger partial charge in [0.15, 0.2) is 5.17 Å². The van der Waals surface area contributed by atoms with Gasteiger partial charge in [-0.25, -0.2) is 0 Å². The zero-order valence-electron chi connectivity index (χ0n) is 14.9. The number of amidine groups is 1. The molecule has 140 valence electrons. The summed E-state index contributed by atoms with van der Waals surface area (Å²) >= 11 is 13.0. The minimum absolute atomic E-state index is 0.0116. The number of rotatable bonds is 4. The molecule has 2 rings (SSSR count). The van der Waals surface area contributed by atoms with Gasteiger partial charge in [0.25, 0.3) is 0 Å². The second-order valence-corrected chi connectivity index (χ2v) is 8.82. The second-order valence-electron chi connectivity index (χ2n) is 6.82. The van der Waals surface area contributed by atoms with E-state index >= 15 is 0 Å². The molecule has 0 saturated carbocycles. The standard InChI is InChI=1S/C17H20Cl2N4O2S/c1-9(17(2,3)4)22-23-16-21-15(25)13(26-16)8-14(24)20-10-5-6-11(18)12(19)7-10/h5-7,13H,8H2,1-4H3,(H,20,24)(H,21,23,25)/b22-9-/t13-/m0/s1. The van der Waals surface area contributed by atoms with E-state index in [1.807, 2.05) is 27.7 Å². The van der Waals surface area contributed by atoms with Crippen LogP contribution in [-0.4, -0.2) is 27.9 Å². The number of thioether (sulfide) groups is 1. The molecule has 2 amide bonds. The van der Waals surface area contributed by atoms with Crippen molar-refractivity contribution in [1.29, 1.82) is 0 Å². The molecule has 0 spiro atoms. The van der Waals surface area contributed by atoms with Crippen molar-refractivity contribution in [2.75, 3.05) is 5.32 Å². The van der Waals surface area contributed by atoms with Gasteiger partial charge in [-0.1, -0.05) is 55.7 Å². The lowest BCUT2D eigenvalue weighted by Crippen LogP contribution is -2.28. The third kappa shape index (κ3) is 5.72. The number of amides is 2. The molecule has 6 nitrogen and oxygen atoms in total. The highest BCUT2D eigenvalue weighted by Gasteiger charge is 2.32. The molecule has 0 bridgehead atoms. The Morgan fingerprint density at radius 3 is 2.62 bits per heavy atom. The molecule has 0 radical (unpaired) electrons. The summed E-state index contributed by atoms with van der Waals surface area (Å²) in [4.78, 5) is 24.2. The third-order valence-corrected chi connectivity index (χ3v) is 5.54. The topological polar surface area (TPSA) is 82.9 Å². The van der Waals surface area contributed by atoms with Gasteiger partial charge < -0.3 is 10.6 Å². The van der Waals surface area contributed by atoms with Crippen LogP contribution in [0.5, 0.6) is 0 Å². The Bertz CT molecular complexity index is 787. The molecule has 1 aromatic rings. The molecule has 26 heavy (non-hydrogen) atoms. The Hall–Kier alpha value is -1.57. The molecule has 2 N–H and O–H groups in total. The minimum Gasteiger partial charge on any atom is -0.326 e. The molecule has 0 aromatic heterocycles. The molecule has 1 aliphatic heterocycles. The normalized spacial score (nSPS) is 19.6. The maximum atomic E-state index is 12.2. The van der Waals surface area contributed by atoms with E-state index in [1.54, 1.807) is 18.2 Å². The molecule has 9 heteroatoms. The first-order valence-electron chi connectivity index (χ1n) is 7.91. The van der Waals surface area contributed by atoms with E-state index in [0.29, 0.717) is 20.9 Å². The fourth-order valence-corrected chi connectivity index (χ4v) is 3.03. The lowest BCUT2D eigenvalue weighted by atomic mass is 9.91. The Balaban J connectivity index is 1.96. The van der Waals surface area contributed by atoms with Crippen LogP contribution in [-0.2, 0) is 9.59 Å². The van der Waals surface area contributed by atoms with Gasteiger partial charge in [-0.05, 0) is 25.1 Å². The van der Waals surface area contributed by atoms with Gasteiger partial charge in [0.2, 0.25) is 11.8 Å². The molecule has 1 saturated heterocycles. The Morgan fingerprint density at radius 1 is 1.31 bits per heavy atom. The quantitative estimate of drug-likeness (QED) is 0.567. The number of carbonyl (C=O) groups is 2. The average Bonchev–Trinajstić information content (AvgIpc) is 2.87. The van der Waals surface area contributed by atoms with Crippen LogP contribution in [0.2, 0.25) is 10.0 Å². The molecule has 0 aliphatic carbocycles. The van der Waals surface area contributed by atoms with E-state index in [4.69, 9.17) is 23.2 Å². The molecular weight excluding hydrogens is 395 g/mol. The van der Waals surface area contributed by atoms with Crippen molar-refractivity contribution in [1.82, 2.24) is 5.32 Å². The largest absolute Gasteiger partial charge is 0.326 e. The van der Waals surface area contributed by atoms with Gasteiger partial charge in [-0.2, -0.15) is 5.10 Å². The molecule has 1 heterocycles. The first-order valence-corrected chi connectivity index (χ1v) is 9.55. The fourth-order valence-electron chi connectivity index (χ4n) is 1.81. The van der Waals surface area contributed by atoms with Crippen molar-refractivity contribution < 1.29 is 9.59 Å². The van der Waals surface area contributed by atoms with E-state index in [0.717, 1.165) is 5.71 Å². The maximum absolute atomic E-state index is 12.2. The summed E-state index contributed by atoms with van der Waals surface area (Å²) < 4.78 is 0. The van der Waals surface area contributed by atoms with Crippen LogP contribution in [0.3, 0.4) is 0 Å². The highest BCUT2D eigenvalue weighted by atomic mass is 35.5. The molecule has 1 fully saturated rings. The van der Waals surface area contributed by atoms with Crippen molar-refractivity contribution >= 4 is 63.3 Å². The minimum atomic E-state index is -0.554. The first-order chi connectivity index (χ1) is 12.1. The predicted octanol–water partition coefficient (Wildman–Crippen LogP) is 4.33. The number of hydrogen-bond donors (Lipinski definition) is 2. The fraction of sp³-hybridized carbons (Fsp3) is 0.412. The van der Waals surface area contributed by atoms with Crippen molar-refractivity contribution in [3.8, 4) is 0 Å². The van der Waals surface area contributed by atoms with Crippen molar-refractivity contribution in [2.45, 2.75) is 39.4 Å². The highest BCUT2D eigenvalue weighted by molar-refractivity contribution is 8.15. The van der Waals surface area contributed by atoms with Gasteiger partial charge in [0, 0.05) is 23.2 Å². The summed E-state index contributed by atoms with van der Waals surface area (Å²) in [6.07, 6.45) is 0.0116. The van der Waals surface area contributed by atoms with E-state index in [1.165, 1.54) is 11.8 Å². The summed E-state index contributed by atoms with van der Waals surface area (Å²) in [5.41, 5.74) is 1.27. The zero-order valence-corrected chi connectivity index (χ0v) is 17.2. The summed E-state index contributed by atoms with van der Waals surface area (Å²) in [5, 5.41) is 14.2. The van der Waals surface area contributed by atoms with E-state index in [9.17, 15) is 9.59 Å². The summed E-state index contributed by atoms with van der Waals surface area (Å²) in [6, 6.07) is 4.79. The average molecular weight is 415 g/mol. The van der Waals surface area contributed by atoms with Crippen LogP contribution in [0, 0.1) is 5.41 Å². The SMILES string of the molecule is C/C(=N/N=C1\NC(=O)[C@H](CC(=O)Nc2ccc(Cl)c(Cl)c2)S1)C(C)(C)C. The smallest absolute Gasteiger partial charge is 0.240 e. The summed E-state index contributed by atoms with van der Waals surface area (Å²) in [5.74, 6) is -0.562. The van der Waals surface area contributed by atoms with E-state index in [2.05, 4.69) is 20.8 Å². The van der Waals surface area contributed by atoms with E-state index < -0.39 is 5.25 Å². The molecule has 1 atom stereocenters. The summed E-state index contributed by atoms with van der Waals surface area (Å²) in [7, 11) is 0. The second kappa shape index (κ2) is 8.41. The van der Waals surface area contributed by atoms with Crippen molar-refractivity contribution in [3.05, 3.63) is 28.2 Å². The van der Waals surface area contributed by atoms with Gasteiger partial charge in [-0.3, -0.25) is 9.59 Å². The Labute approximate surface area is 166 Å². The van der Waals surface area contributed by atoms with Crippen LogP contribution in [0.25, 0.3) is 0 Å². The number of nitrogens with zero attached hydrogens (tertiary/aromatic N) is 2. The van der Waals surface area contributed by atoms with Crippen LogP contribution in [0.4, 0.5) is 5.69 Å².